The van der Waals surface area contributed by atoms with Crippen LogP contribution in [0.5, 0.6) is 0 Å². The third kappa shape index (κ3) is 3.65. The Kier molecular flexibility index (Phi) is 4.74. The maximum Gasteiger partial charge on any atom is 0.110 e. The highest BCUT2D eigenvalue weighted by molar-refractivity contribution is 4.89. The average molecular weight is 186 g/mol. The molecular weight excluding hydrogens is 164 g/mol. The van der Waals surface area contributed by atoms with Crippen molar-refractivity contribution in [2.75, 3.05) is 0 Å². The molecule has 1 aliphatic heterocycles. The van der Waals surface area contributed by atoms with Crippen LogP contribution in [0.15, 0.2) is 0 Å². The van der Waals surface area contributed by atoms with Crippen LogP contribution in [0, 0.1) is 0 Å². The Hall–Kier alpha value is -0.0800. The van der Waals surface area contributed by atoms with Gasteiger partial charge >= 0.3 is 0 Å². The maximum absolute atomic E-state index is 9.45. The van der Waals surface area contributed by atoms with Gasteiger partial charge in [-0.1, -0.05) is 39.5 Å². The zero-order valence-electron chi connectivity index (χ0n) is 8.83. The molecule has 0 radical (unpaired) electrons. The minimum atomic E-state index is -0.226. The quantitative estimate of drug-likeness (QED) is 0.489. The second-order valence-electron chi connectivity index (χ2n) is 3.96. The van der Waals surface area contributed by atoms with Gasteiger partial charge in [-0.15, -0.1) is 0 Å². The molecule has 1 aliphatic rings. The van der Waals surface area contributed by atoms with Crippen LogP contribution in [0.4, 0.5) is 0 Å². The molecule has 0 aromatic rings. The molecule has 1 rings (SSSR count). The van der Waals surface area contributed by atoms with E-state index < -0.39 is 0 Å². The van der Waals surface area contributed by atoms with E-state index in [1.165, 1.54) is 25.7 Å². The van der Waals surface area contributed by atoms with E-state index in [9.17, 15) is 5.11 Å². The highest BCUT2D eigenvalue weighted by Gasteiger charge is 2.42. The zero-order valence-corrected chi connectivity index (χ0v) is 8.83. The fourth-order valence-electron chi connectivity index (χ4n) is 1.73. The summed E-state index contributed by atoms with van der Waals surface area (Å²) >= 11 is 0. The van der Waals surface area contributed by atoms with Crippen molar-refractivity contribution in [1.29, 1.82) is 0 Å². The number of epoxide rings is 1. The molecule has 3 atom stereocenters. The summed E-state index contributed by atoms with van der Waals surface area (Å²) in [6, 6.07) is 0. The van der Waals surface area contributed by atoms with Crippen LogP contribution < -0.4 is 0 Å². The topological polar surface area (TPSA) is 32.8 Å². The van der Waals surface area contributed by atoms with Crippen LogP contribution in [0.3, 0.4) is 0 Å². The van der Waals surface area contributed by atoms with Gasteiger partial charge in [0.2, 0.25) is 0 Å². The first-order chi connectivity index (χ1) is 6.29. The van der Waals surface area contributed by atoms with Crippen LogP contribution in [0.2, 0.25) is 0 Å². The summed E-state index contributed by atoms with van der Waals surface area (Å²) in [6.45, 7) is 4.22. The van der Waals surface area contributed by atoms with Gasteiger partial charge in [-0.3, -0.25) is 0 Å². The summed E-state index contributed by atoms with van der Waals surface area (Å²) in [5, 5.41) is 9.45. The third-order valence-corrected chi connectivity index (χ3v) is 2.76. The number of aliphatic hydroxyl groups is 1. The van der Waals surface area contributed by atoms with Gasteiger partial charge in [0.15, 0.2) is 0 Å². The molecular formula is C11H22O2. The summed E-state index contributed by atoms with van der Waals surface area (Å²) in [4.78, 5) is 0. The van der Waals surface area contributed by atoms with Gasteiger partial charge in [0, 0.05) is 0 Å². The van der Waals surface area contributed by atoms with Gasteiger partial charge in [0.25, 0.3) is 0 Å². The predicted octanol–water partition coefficient (Wildman–Crippen LogP) is 2.50. The lowest BCUT2D eigenvalue weighted by Crippen LogP contribution is -2.15. The molecule has 0 aliphatic carbocycles. The smallest absolute Gasteiger partial charge is 0.110 e. The van der Waals surface area contributed by atoms with Crippen molar-refractivity contribution in [1.82, 2.24) is 0 Å². The molecule has 78 valence electrons. The average Bonchev–Trinajstić information content (AvgIpc) is 2.91. The molecule has 3 unspecified atom stereocenters. The van der Waals surface area contributed by atoms with Crippen molar-refractivity contribution in [3.63, 3.8) is 0 Å². The molecule has 1 N–H and O–H groups in total. The Balaban J connectivity index is 1.95. The first kappa shape index (κ1) is 11.0. The molecule has 0 saturated carbocycles. The summed E-state index contributed by atoms with van der Waals surface area (Å²) in [7, 11) is 0. The van der Waals surface area contributed by atoms with Crippen molar-refractivity contribution < 1.29 is 9.84 Å². The maximum atomic E-state index is 9.45. The number of ether oxygens (including phenoxy) is 1. The molecule has 1 heterocycles. The highest BCUT2D eigenvalue weighted by Crippen LogP contribution is 2.31. The van der Waals surface area contributed by atoms with Crippen molar-refractivity contribution >= 4 is 0 Å². The Morgan fingerprint density at radius 3 is 2.62 bits per heavy atom. The second kappa shape index (κ2) is 5.61. The number of aliphatic hydroxyl groups excluding tert-OH is 1. The summed E-state index contributed by atoms with van der Waals surface area (Å²) < 4.78 is 5.40. The standard InChI is InChI=1S/C11H22O2/c1-3-5-6-7-8-10-11(13-10)9(12)4-2/h9-12H,3-8H2,1-2H3. The van der Waals surface area contributed by atoms with Gasteiger partial charge in [-0.25, -0.2) is 0 Å². The Labute approximate surface area is 81.3 Å². The lowest BCUT2D eigenvalue weighted by atomic mass is 10.1. The van der Waals surface area contributed by atoms with E-state index in [2.05, 4.69) is 6.92 Å². The van der Waals surface area contributed by atoms with E-state index in [-0.39, 0.29) is 12.2 Å². The summed E-state index contributed by atoms with van der Waals surface area (Å²) in [6.07, 6.45) is 7.43. The van der Waals surface area contributed by atoms with E-state index in [1.807, 2.05) is 6.92 Å². The number of hydrogen-bond acceptors (Lipinski definition) is 2. The third-order valence-electron chi connectivity index (χ3n) is 2.76. The number of unbranched alkanes of at least 4 members (excludes halogenated alkanes) is 3. The molecule has 2 nitrogen and oxygen atoms in total. The highest BCUT2D eigenvalue weighted by atomic mass is 16.6. The lowest BCUT2D eigenvalue weighted by Gasteiger charge is -2.01. The van der Waals surface area contributed by atoms with Gasteiger partial charge in [0.05, 0.1) is 12.2 Å². The minimum absolute atomic E-state index is 0.159. The fraction of sp³-hybridized carbons (Fsp3) is 1.00. The van der Waals surface area contributed by atoms with Gasteiger partial charge < -0.3 is 9.84 Å². The zero-order chi connectivity index (χ0) is 9.68. The number of hydrogen-bond donors (Lipinski definition) is 1. The van der Waals surface area contributed by atoms with E-state index >= 15 is 0 Å². The number of rotatable bonds is 7. The van der Waals surface area contributed by atoms with Crippen molar-refractivity contribution in [2.45, 2.75) is 70.7 Å². The first-order valence-electron chi connectivity index (χ1n) is 5.63. The first-order valence-corrected chi connectivity index (χ1v) is 5.63. The van der Waals surface area contributed by atoms with Crippen molar-refractivity contribution in [3.8, 4) is 0 Å². The van der Waals surface area contributed by atoms with Gasteiger partial charge in [0.1, 0.15) is 6.10 Å². The summed E-state index contributed by atoms with van der Waals surface area (Å²) in [5.41, 5.74) is 0. The molecule has 0 amide bonds. The van der Waals surface area contributed by atoms with Crippen molar-refractivity contribution in [2.24, 2.45) is 0 Å². The Morgan fingerprint density at radius 2 is 2.00 bits per heavy atom. The van der Waals surface area contributed by atoms with Crippen LogP contribution in [0.1, 0.15) is 52.4 Å². The molecule has 2 heteroatoms. The molecule has 0 spiro atoms. The predicted molar refractivity (Wildman–Crippen MR) is 53.7 cm³/mol. The molecule has 13 heavy (non-hydrogen) atoms. The van der Waals surface area contributed by atoms with E-state index in [4.69, 9.17) is 4.74 Å². The Morgan fingerprint density at radius 1 is 1.23 bits per heavy atom. The van der Waals surface area contributed by atoms with Gasteiger partial charge in [-0.05, 0) is 12.8 Å². The molecule has 1 fully saturated rings. The van der Waals surface area contributed by atoms with Gasteiger partial charge in [-0.2, -0.15) is 0 Å². The largest absolute Gasteiger partial charge is 0.390 e. The molecule has 0 bridgehead atoms. The Bertz CT molecular complexity index is 136. The van der Waals surface area contributed by atoms with E-state index in [0.29, 0.717) is 6.10 Å². The summed E-state index contributed by atoms with van der Waals surface area (Å²) in [5.74, 6) is 0. The SMILES string of the molecule is CCCCCCC1OC1C(O)CC. The molecule has 0 aromatic heterocycles. The normalized spacial score (nSPS) is 28.8. The minimum Gasteiger partial charge on any atom is -0.390 e. The molecule has 0 aromatic carbocycles. The monoisotopic (exact) mass is 186 g/mol. The van der Waals surface area contributed by atoms with Crippen LogP contribution >= 0.6 is 0 Å². The van der Waals surface area contributed by atoms with Crippen LogP contribution in [-0.4, -0.2) is 23.4 Å². The van der Waals surface area contributed by atoms with Crippen molar-refractivity contribution in [3.05, 3.63) is 0 Å². The van der Waals surface area contributed by atoms with E-state index in [1.54, 1.807) is 0 Å². The molecule has 1 saturated heterocycles. The van der Waals surface area contributed by atoms with E-state index in [0.717, 1.165) is 12.8 Å². The van der Waals surface area contributed by atoms with Crippen LogP contribution in [-0.2, 0) is 4.74 Å². The van der Waals surface area contributed by atoms with Crippen LogP contribution in [0.25, 0.3) is 0 Å². The second-order valence-corrected chi connectivity index (χ2v) is 3.96. The lowest BCUT2D eigenvalue weighted by molar-refractivity contribution is 0.131. The fourth-order valence-corrected chi connectivity index (χ4v) is 1.73.